The monoisotopic (exact) mass is 326 g/mol. The van der Waals surface area contributed by atoms with Crippen molar-refractivity contribution in [3.63, 3.8) is 0 Å². The molecule has 0 radical (unpaired) electrons. The normalized spacial score (nSPS) is 10.4. The first-order chi connectivity index (χ1) is 9.41. The molecule has 0 aliphatic heterocycles. The molecule has 0 unspecified atom stereocenters. The molecule has 102 valence electrons. The zero-order chi connectivity index (χ0) is 14.9. The lowest BCUT2D eigenvalue weighted by atomic mass is 9.97. The highest BCUT2D eigenvalue weighted by Crippen LogP contribution is 2.35. The van der Waals surface area contributed by atoms with Gasteiger partial charge in [-0.15, -0.1) is 0 Å². The van der Waals surface area contributed by atoms with E-state index in [1.807, 2.05) is 6.92 Å². The molecule has 2 rings (SSSR count). The maximum absolute atomic E-state index is 11.3. The van der Waals surface area contributed by atoms with Gasteiger partial charge in [-0.1, -0.05) is 35.9 Å². The van der Waals surface area contributed by atoms with E-state index >= 15 is 0 Å². The van der Waals surface area contributed by atoms with Gasteiger partial charge >= 0.3 is 0 Å². The van der Waals surface area contributed by atoms with Crippen molar-refractivity contribution in [3.05, 3.63) is 58.1 Å². The molecule has 0 bridgehead atoms. The Morgan fingerprint density at radius 1 is 1.00 bits per heavy atom. The first kappa shape index (κ1) is 15.0. The minimum Gasteiger partial charge on any atom is -0.276 e. The first-order valence-electron chi connectivity index (χ1n) is 5.71. The van der Waals surface area contributed by atoms with Crippen LogP contribution in [-0.4, -0.2) is 10.5 Å². The molecule has 0 aliphatic rings. The molecular formula is C15H9Cl3O2. The summed E-state index contributed by atoms with van der Waals surface area (Å²) in [6.45, 7) is 1.86. The summed E-state index contributed by atoms with van der Waals surface area (Å²) >= 11 is 17.2. The summed E-state index contributed by atoms with van der Waals surface area (Å²) in [4.78, 5) is 22.6. The van der Waals surface area contributed by atoms with E-state index in [0.29, 0.717) is 16.7 Å². The molecule has 0 aromatic heterocycles. The van der Waals surface area contributed by atoms with Crippen molar-refractivity contribution >= 4 is 45.3 Å². The van der Waals surface area contributed by atoms with Crippen LogP contribution in [0.15, 0.2) is 36.4 Å². The van der Waals surface area contributed by atoms with Crippen LogP contribution in [0.25, 0.3) is 11.1 Å². The Labute approximate surface area is 131 Å². The number of benzene rings is 2. The summed E-state index contributed by atoms with van der Waals surface area (Å²) in [5.74, 6) is 0. The van der Waals surface area contributed by atoms with Crippen LogP contribution in [0.5, 0.6) is 0 Å². The Bertz CT molecular complexity index is 708. The SMILES string of the molecule is Cc1ccc(C(=O)Cl)c(Cl)c1-c1cccc(C(=O)Cl)c1. The topological polar surface area (TPSA) is 34.1 Å². The summed E-state index contributed by atoms with van der Waals surface area (Å²) in [6.07, 6.45) is 0. The summed E-state index contributed by atoms with van der Waals surface area (Å²) in [7, 11) is 0. The molecule has 0 atom stereocenters. The van der Waals surface area contributed by atoms with Crippen molar-refractivity contribution < 1.29 is 9.59 Å². The van der Waals surface area contributed by atoms with Gasteiger partial charge in [0.05, 0.1) is 10.6 Å². The minimum absolute atomic E-state index is 0.233. The van der Waals surface area contributed by atoms with Crippen molar-refractivity contribution in [1.29, 1.82) is 0 Å². The van der Waals surface area contributed by atoms with Crippen molar-refractivity contribution in [1.82, 2.24) is 0 Å². The molecule has 0 saturated heterocycles. The van der Waals surface area contributed by atoms with Crippen LogP contribution in [0, 0.1) is 6.92 Å². The predicted octanol–water partition coefficient (Wildman–Crippen LogP) is 5.07. The van der Waals surface area contributed by atoms with E-state index in [-0.39, 0.29) is 10.6 Å². The maximum atomic E-state index is 11.3. The predicted molar refractivity (Wildman–Crippen MR) is 82.0 cm³/mol. The molecule has 5 heteroatoms. The summed E-state index contributed by atoms with van der Waals surface area (Å²) < 4.78 is 0. The number of carbonyl (C=O) groups excluding carboxylic acids is 2. The Morgan fingerprint density at radius 2 is 1.70 bits per heavy atom. The van der Waals surface area contributed by atoms with Gasteiger partial charge in [0.2, 0.25) is 0 Å². The smallest absolute Gasteiger partial charge is 0.253 e. The molecule has 0 saturated carbocycles. The van der Waals surface area contributed by atoms with Crippen LogP contribution < -0.4 is 0 Å². The van der Waals surface area contributed by atoms with Gasteiger partial charge < -0.3 is 0 Å². The summed E-state index contributed by atoms with van der Waals surface area (Å²) in [6, 6.07) is 10.1. The van der Waals surface area contributed by atoms with Gasteiger partial charge in [-0.25, -0.2) is 0 Å². The fourth-order valence-corrected chi connectivity index (χ4v) is 2.71. The van der Waals surface area contributed by atoms with Crippen LogP contribution in [0.2, 0.25) is 5.02 Å². The van der Waals surface area contributed by atoms with E-state index in [0.717, 1.165) is 5.56 Å². The minimum atomic E-state index is -0.624. The molecule has 2 aromatic rings. The Hall–Kier alpha value is -1.35. The molecule has 20 heavy (non-hydrogen) atoms. The molecule has 2 nitrogen and oxygen atoms in total. The van der Waals surface area contributed by atoms with Crippen molar-refractivity contribution in [2.45, 2.75) is 6.92 Å². The van der Waals surface area contributed by atoms with Gasteiger partial charge in [0.25, 0.3) is 10.5 Å². The molecule has 0 fully saturated rings. The Balaban J connectivity index is 2.69. The molecule has 0 aliphatic carbocycles. The summed E-state index contributed by atoms with van der Waals surface area (Å²) in [5.41, 5.74) is 2.84. The van der Waals surface area contributed by atoms with Crippen molar-refractivity contribution in [2.24, 2.45) is 0 Å². The van der Waals surface area contributed by atoms with E-state index < -0.39 is 10.5 Å². The van der Waals surface area contributed by atoms with E-state index in [9.17, 15) is 9.59 Å². The molecule has 2 aromatic carbocycles. The lowest BCUT2D eigenvalue weighted by molar-refractivity contribution is 0.107. The highest BCUT2D eigenvalue weighted by molar-refractivity contribution is 6.69. The van der Waals surface area contributed by atoms with Crippen LogP contribution in [-0.2, 0) is 0 Å². The number of hydrogen-bond acceptors (Lipinski definition) is 2. The quantitative estimate of drug-likeness (QED) is 0.737. The Kier molecular flexibility index (Phi) is 4.48. The van der Waals surface area contributed by atoms with Gasteiger partial charge in [0, 0.05) is 11.1 Å². The number of carbonyl (C=O) groups is 2. The van der Waals surface area contributed by atoms with Crippen LogP contribution >= 0.6 is 34.8 Å². The fourth-order valence-electron chi connectivity index (χ4n) is 1.98. The third-order valence-corrected chi connectivity index (χ3v) is 3.75. The highest BCUT2D eigenvalue weighted by atomic mass is 35.5. The molecular weight excluding hydrogens is 319 g/mol. The van der Waals surface area contributed by atoms with Crippen molar-refractivity contribution in [2.75, 3.05) is 0 Å². The molecule has 0 heterocycles. The molecule has 0 spiro atoms. The maximum Gasteiger partial charge on any atom is 0.253 e. The second kappa shape index (κ2) is 5.96. The third-order valence-electron chi connectivity index (χ3n) is 2.94. The van der Waals surface area contributed by atoms with Crippen LogP contribution in [0.4, 0.5) is 0 Å². The zero-order valence-electron chi connectivity index (χ0n) is 10.4. The molecule has 0 N–H and O–H groups in total. The van der Waals surface area contributed by atoms with E-state index in [1.54, 1.807) is 36.4 Å². The lowest BCUT2D eigenvalue weighted by Crippen LogP contribution is -1.96. The Morgan fingerprint density at radius 3 is 2.30 bits per heavy atom. The number of rotatable bonds is 3. The second-order valence-electron chi connectivity index (χ2n) is 4.25. The van der Waals surface area contributed by atoms with Crippen LogP contribution in [0.1, 0.15) is 26.3 Å². The first-order valence-corrected chi connectivity index (χ1v) is 6.84. The van der Waals surface area contributed by atoms with E-state index in [2.05, 4.69) is 0 Å². The lowest BCUT2D eigenvalue weighted by Gasteiger charge is -2.11. The fraction of sp³-hybridized carbons (Fsp3) is 0.0667. The largest absolute Gasteiger partial charge is 0.276 e. The standard InChI is InChI=1S/C15H9Cl3O2/c1-8-5-6-11(15(18)20)13(16)12(8)9-3-2-4-10(7-9)14(17)19/h2-7H,1H3. The van der Waals surface area contributed by atoms with Crippen LogP contribution in [0.3, 0.4) is 0 Å². The van der Waals surface area contributed by atoms with Gasteiger partial charge in [-0.2, -0.15) is 0 Å². The van der Waals surface area contributed by atoms with Gasteiger partial charge in [-0.05, 0) is 53.4 Å². The number of hydrogen-bond donors (Lipinski definition) is 0. The zero-order valence-corrected chi connectivity index (χ0v) is 12.7. The number of aryl methyl sites for hydroxylation is 1. The number of halogens is 3. The van der Waals surface area contributed by atoms with Crippen molar-refractivity contribution in [3.8, 4) is 11.1 Å². The third kappa shape index (κ3) is 2.88. The van der Waals surface area contributed by atoms with Gasteiger partial charge in [0.15, 0.2) is 0 Å². The average molecular weight is 328 g/mol. The second-order valence-corrected chi connectivity index (χ2v) is 5.31. The average Bonchev–Trinajstić information content (AvgIpc) is 2.38. The summed E-state index contributed by atoms with van der Waals surface area (Å²) in [5, 5.41) is -0.907. The van der Waals surface area contributed by atoms with Gasteiger partial charge in [-0.3, -0.25) is 9.59 Å². The van der Waals surface area contributed by atoms with E-state index in [4.69, 9.17) is 34.8 Å². The van der Waals surface area contributed by atoms with Gasteiger partial charge in [0.1, 0.15) is 0 Å². The molecule has 0 amide bonds. The van der Waals surface area contributed by atoms with E-state index in [1.165, 1.54) is 0 Å². The highest BCUT2D eigenvalue weighted by Gasteiger charge is 2.16.